The lowest BCUT2D eigenvalue weighted by Gasteiger charge is -2.09. The Hall–Kier alpha value is -4.27. The summed E-state index contributed by atoms with van der Waals surface area (Å²) in [6.45, 7) is 0. The van der Waals surface area contributed by atoms with E-state index in [1.54, 1.807) is 66.7 Å². The first-order valence-corrected chi connectivity index (χ1v) is 8.76. The van der Waals surface area contributed by atoms with Crippen LogP contribution in [0.5, 0.6) is 0 Å². The van der Waals surface area contributed by atoms with Crippen LogP contribution in [-0.4, -0.2) is 30.2 Å². The highest BCUT2D eigenvalue weighted by Crippen LogP contribution is 2.18. The molecule has 0 aliphatic heterocycles. The van der Waals surface area contributed by atoms with Crippen LogP contribution in [0.2, 0.25) is 0 Å². The highest BCUT2D eigenvalue weighted by Gasteiger charge is 2.11. The molecule has 0 saturated carbocycles. The lowest BCUT2D eigenvalue weighted by atomic mass is 10.2. The van der Waals surface area contributed by atoms with E-state index >= 15 is 0 Å². The molecular formula is C20H17N7O2. The van der Waals surface area contributed by atoms with Gasteiger partial charge >= 0.3 is 0 Å². The smallest absolute Gasteiger partial charge is 0.263 e. The molecule has 144 valence electrons. The van der Waals surface area contributed by atoms with Gasteiger partial charge in [0.25, 0.3) is 11.5 Å². The summed E-state index contributed by atoms with van der Waals surface area (Å²) in [7, 11) is 1.60. The van der Waals surface area contributed by atoms with E-state index in [2.05, 4.69) is 25.7 Å². The minimum atomic E-state index is -0.452. The van der Waals surface area contributed by atoms with Crippen LogP contribution in [0.4, 0.5) is 17.2 Å². The van der Waals surface area contributed by atoms with E-state index in [0.717, 1.165) is 5.69 Å². The number of anilines is 3. The van der Waals surface area contributed by atoms with E-state index in [0.29, 0.717) is 17.3 Å². The maximum absolute atomic E-state index is 12.3. The maximum Gasteiger partial charge on any atom is 0.263 e. The first-order valence-electron chi connectivity index (χ1n) is 8.76. The van der Waals surface area contributed by atoms with Crippen LogP contribution in [0.15, 0.2) is 78.2 Å². The molecule has 3 heterocycles. The number of rotatable bonds is 5. The molecule has 0 aliphatic carbocycles. The van der Waals surface area contributed by atoms with Crippen LogP contribution in [0, 0.1) is 0 Å². The third-order valence-corrected chi connectivity index (χ3v) is 4.17. The zero-order valence-electron chi connectivity index (χ0n) is 15.5. The van der Waals surface area contributed by atoms with E-state index in [1.807, 2.05) is 6.07 Å². The second kappa shape index (κ2) is 7.77. The molecule has 29 heavy (non-hydrogen) atoms. The Bertz CT molecular complexity index is 1200. The van der Waals surface area contributed by atoms with Gasteiger partial charge in [0.2, 0.25) is 0 Å². The van der Waals surface area contributed by atoms with Crippen molar-refractivity contribution in [2.75, 3.05) is 10.6 Å². The fourth-order valence-corrected chi connectivity index (χ4v) is 2.70. The number of benzene rings is 1. The number of aryl methyl sites for hydroxylation is 1. The van der Waals surface area contributed by atoms with Crippen molar-refractivity contribution < 1.29 is 4.79 Å². The molecule has 9 nitrogen and oxygen atoms in total. The molecule has 1 amide bonds. The van der Waals surface area contributed by atoms with Crippen molar-refractivity contribution in [1.29, 1.82) is 0 Å². The van der Waals surface area contributed by atoms with E-state index in [9.17, 15) is 9.59 Å². The number of aromatic nitrogens is 5. The van der Waals surface area contributed by atoms with Crippen LogP contribution in [-0.2, 0) is 7.05 Å². The Morgan fingerprint density at radius 1 is 1.00 bits per heavy atom. The quantitative estimate of drug-likeness (QED) is 0.544. The minimum absolute atomic E-state index is 0.0873. The van der Waals surface area contributed by atoms with Gasteiger partial charge in [-0.15, -0.1) is 0 Å². The molecule has 1 aromatic carbocycles. The number of amides is 1. The first kappa shape index (κ1) is 18.1. The predicted molar refractivity (Wildman–Crippen MR) is 109 cm³/mol. The molecule has 0 atom stereocenters. The molecular weight excluding hydrogens is 370 g/mol. The summed E-state index contributed by atoms with van der Waals surface area (Å²) in [5, 5.41) is 10.0. The summed E-state index contributed by atoms with van der Waals surface area (Å²) >= 11 is 0. The molecule has 0 bridgehead atoms. The highest BCUT2D eigenvalue weighted by atomic mass is 16.2. The number of pyridine rings is 1. The minimum Gasteiger partial charge on any atom is -0.340 e. The number of nitrogens with one attached hydrogen (secondary N) is 2. The van der Waals surface area contributed by atoms with Crippen LogP contribution < -0.4 is 16.2 Å². The molecule has 0 fully saturated rings. The fourth-order valence-electron chi connectivity index (χ4n) is 2.70. The van der Waals surface area contributed by atoms with Gasteiger partial charge in [-0.05, 0) is 42.5 Å². The second-order valence-corrected chi connectivity index (χ2v) is 6.21. The standard InChI is InChI=1S/C20H17N7O2/c1-26-10-2-4-16(20(26)29)19(28)25-15-7-5-14(6-8-15)24-17-12-18(22-13-21-17)27-11-3-9-23-27/h2-13H,1H3,(H,25,28)(H,21,22,24). The lowest BCUT2D eigenvalue weighted by Crippen LogP contribution is -2.26. The lowest BCUT2D eigenvalue weighted by molar-refractivity contribution is 0.102. The van der Waals surface area contributed by atoms with Crippen LogP contribution in [0.1, 0.15) is 10.4 Å². The SMILES string of the molecule is Cn1cccc(C(=O)Nc2ccc(Nc3cc(-n4cccn4)ncn3)cc2)c1=O. The van der Waals surface area contributed by atoms with Gasteiger partial charge in [0.1, 0.15) is 17.7 Å². The number of carbonyl (C=O) groups is 1. The van der Waals surface area contributed by atoms with Crippen LogP contribution in [0.3, 0.4) is 0 Å². The summed E-state index contributed by atoms with van der Waals surface area (Å²) < 4.78 is 3.00. The number of nitrogens with zero attached hydrogens (tertiary/aromatic N) is 5. The zero-order valence-corrected chi connectivity index (χ0v) is 15.5. The largest absolute Gasteiger partial charge is 0.340 e. The van der Waals surface area contributed by atoms with Crippen molar-refractivity contribution >= 4 is 23.1 Å². The number of hydrogen-bond donors (Lipinski definition) is 2. The van der Waals surface area contributed by atoms with Crippen LogP contribution in [0.25, 0.3) is 5.82 Å². The van der Waals surface area contributed by atoms with Gasteiger partial charge < -0.3 is 15.2 Å². The molecule has 0 aliphatic rings. The zero-order chi connectivity index (χ0) is 20.2. The molecule has 4 aromatic rings. The molecule has 3 aromatic heterocycles. The van der Waals surface area contributed by atoms with Gasteiger partial charge in [-0.25, -0.2) is 14.6 Å². The van der Waals surface area contributed by atoms with Crippen molar-refractivity contribution in [3.05, 3.63) is 89.4 Å². The van der Waals surface area contributed by atoms with E-state index < -0.39 is 5.91 Å². The van der Waals surface area contributed by atoms with Crippen molar-refractivity contribution in [3.8, 4) is 5.82 Å². The van der Waals surface area contributed by atoms with Gasteiger partial charge in [0.15, 0.2) is 5.82 Å². The molecule has 0 radical (unpaired) electrons. The first-order chi connectivity index (χ1) is 14.1. The average Bonchev–Trinajstić information content (AvgIpc) is 3.27. The highest BCUT2D eigenvalue weighted by molar-refractivity contribution is 6.04. The summed E-state index contributed by atoms with van der Waals surface area (Å²) in [5.74, 6) is 0.794. The third-order valence-electron chi connectivity index (χ3n) is 4.17. The van der Waals surface area contributed by atoms with E-state index in [1.165, 1.54) is 17.0 Å². The molecule has 2 N–H and O–H groups in total. The summed E-state index contributed by atoms with van der Waals surface area (Å²) in [6.07, 6.45) is 6.52. The van der Waals surface area contributed by atoms with Gasteiger partial charge in [0.05, 0.1) is 0 Å². The normalized spacial score (nSPS) is 10.5. The van der Waals surface area contributed by atoms with Crippen molar-refractivity contribution in [2.45, 2.75) is 0 Å². The van der Waals surface area contributed by atoms with Gasteiger partial charge in [-0.1, -0.05) is 0 Å². The maximum atomic E-state index is 12.3. The van der Waals surface area contributed by atoms with E-state index in [-0.39, 0.29) is 11.1 Å². The summed E-state index contributed by atoms with van der Waals surface area (Å²) in [4.78, 5) is 32.8. The number of hydrogen-bond acceptors (Lipinski definition) is 6. The Morgan fingerprint density at radius 2 is 1.79 bits per heavy atom. The van der Waals surface area contributed by atoms with Gasteiger partial charge in [-0.3, -0.25) is 9.59 Å². The van der Waals surface area contributed by atoms with E-state index in [4.69, 9.17) is 0 Å². The Balaban J connectivity index is 1.46. The summed E-state index contributed by atoms with van der Waals surface area (Å²) in [6, 6.07) is 13.8. The monoisotopic (exact) mass is 387 g/mol. The molecule has 0 unspecified atom stereocenters. The van der Waals surface area contributed by atoms with Gasteiger partial charge in [0, 0.05) is 43.1 Å². The van der Waals surface area contributed by atoms with Crippen molar-refractivity contribution in [3.63, 3.8) is 0 Å². The average molecular weight is 387 g/mol. The molecule has 9 heteroatoms. The predicted octanol–water partition coefficient (Wildman–Crippen LogP) is 2.36. The summed E-state index contributed by atoms with van der Waals surface area (Å²) in [5.41, 5.74) is 1.10. The molecule has 0 saturated heterocycles. The fraction of sp³-hybridized carbons (Fsp3) is 0.0500. The Kier molecular flexibility index (Phi) is 4.85. The molecule has 0 spiro atoms. The topological polar surface area (TPSA) is 107 Å². The molecule has 4 rings (SSSR count). The van der Waals surface area contributed by atoms with Gasteiger partial charge in [-0.2, -0.15) is 5.10 Å². The number of carbonyl (C=O) groups excluding carboxylic acids is 1. The van der Waals surface area contributed by atoms with Crippen molar-refractivity contribution in [1.82, 2.24) is 24.3 Å². The Labute approximate surface area is 165 Å². The second-order valence-electron chi connectivity index (χ2n) is 6.21. The van der Waals surface area contributed by atoms with Crippen molar-refractivity contribution in [2.24, 2.45) is 7.05 Å². The Morgan fingerprint density at radius 3 is 2.55 bits per heavy atom. The van der Waals surface area contributed by atoms with Crippen LogP contribution >= 0.6 is 0 Å². The third kappa shape index (κ3) is 4.03.